The van der Waals surface area contributed by atoms with E-state index >= 15 is 0 Å². The Morgan fingerprint density at radius 3 is 2.63 bits per heavy atom. The Bertz CT molecular complexity index is 1210. The van der Waals surface area contributed by atoms with Crippen molar-refractivity contribution in [2.24, 2.45) is 0 Å². The molecule has 1 aliphatic rings. The summed E-state index contributed by atoms with van der Waals surface area (Å²) in [5, 5.41) is 12.0. The van der Waals surface area contributed by atoms with Crippen molar-refractivity contribution in [2.45, 2.75) is 6.92 Å². The first-order chi connectivity index (χ1) is 13.2. The van der Waals surface area contributed by atoms with Crippen molar-refractivity contribution in [3.8, 4) is 11.4 Å². The van der Waals surface area contributed by atoms with Crippen molar-refractivity contribution < 1.29 is 0 Å². The third-order valence-corrected chi connectivity index (χ3v) is 4.70. The topological polar surface area (TPSA) is 92.7 Å². The number of hydrogen-bond acceptors (Lipinski definition) is 7. The highest BCUT2D eigenvalue weighted by atomic mass is 16.1. The van der Waals surface area contributed by atoms with Crippen LogP contribution in [0, 0.1) is 6.92 Å². The summed E-state index contributed by atoms with van der Waals surface area (Å²) in [6.45, 7) is 5.55. The smallest absolute Gasteiger partial charge is 0.258 e. The maximum absolute atomic E-state index is 12.7. The molecule has 0 amide bonds. The quantitative estimate of drug-likeness (QED) is 0.556. The predicted octanol–water partition coefficient (Wildman–Crippen LogP) is 0.517. The molecule has 136 valence electrons. The maximum atomic E-state index is 12.7. The van der Waals surface area contributed by atoms with Crippen LogP contribution in [0.4, 0.5) is 5.69 Å². The minimum absolute atomic E-state index is 0.136. The van der Waals surface area contributed by atoms with Crippen LogP contribution in [-0.2, 0) is 0 Å². The highest BCUT2D eigenvalue weighted by Crippen LogP contribution is 2.18. The Balaban J connectivity index is 1.58. The molecule has 1 N–H and O–H groups in total. The van der Waals surface area contributed by atoms with Crippen molar-refractivity contribution in [3.05, 3.63) is 52.7 Å². The summed E-state index contributed by atoms with van der Waals surface area (Å²) < 4.78 is 3.04. The van der Waals surface area contributed by atoms with Crippen LogP contribution in [0.25, 0.3) is 22.7 Å². The Morgan fingerprint density at radius 1 is 0.963 bits per heavy atom. The maximum Gasteiger partial charge on any atom is 0.258 e. The zero-order valence-electron chi connectivity index (χ0n) is 14.8. The molecule has 9 nitrogen and oxygen atoms in total. The lowest BCUT2D eigenvalue weighted by atomic mass is 10.2. The molecule has 9 heteroatoms. The lowest BCUT2D eigenvalue weighted by Gasteiger charge is -2.29. The summed E-state index contributed by atoms with van der Waals surface area (Å²) in [6, 6.07) is 9.01. The summed E-state index contributed by atoms with van der Waals surface area (Å²) in [5.41, 5.74) is 3.24. The SMILES string of the molecule is Cc1nc2ccc(-c3cc(=O)n4cc(N5CCNCC5)ccc4n3)nn2n1. The van der Waals surface area contributed by atoms with E-state index in [4.69, 9.17) is 0 Å². The van der Waals surface area contributed by atoms with Crippen LogP contribution < -0.4 is 15.8 Å². The fraction of sp³-hybridized carbons (Fsp3) is 0.278. The molecule has 4 aromatic heterocycles. The number of nitrogens with one attached hydrogen (secondary N) is 1. The van der Waals surface area contributed by atoms with E-state index in [9.17, 15) is 4.79 Å². The number of aryl methyl sites for hydroxylation is 1. The number of nitrogens with zero attached hydrogens (tertiary/aromatic N) is 7. The lowest BCUT2D eigenvalue weighted by molar-refractivity contribution is 0.588. The second-order valence-corrected chi connectivity index (χ2v) is 6.56. The molecule has 5 rings (SSSR count). The van der Waals surface area contributed by atoms with Crippen LogP contribution in [-0.4, -0.2) is 55.4 Å². The fourth-order valence-corrected chi connectivity index (χ4v) is 3.36. The molecular formula is C18H18N8O. The molecule has 4 aromatic rings. The van der Waals surface area contributed by atoms with Gasteiger partial charge in [-0.05, 0) is 31.2 Å². The average Bonchev–Trinajstić information content (AvgIpc) is 3.07. The number of piperazine rings is 1. The molecule has 5 heterocycles. The largest absolute Gasteiger partial charge is 0.368 e. The molecule has 0 aliphatic carbocycles. The summed E-state index contributed by atoms with van der Waals surface area (Å²) in [7, 11) is 0. The van der Waals surface area contributed by atoms with Gasteiger partial charge in [-0.2, -0.15) is 0 Å². The molecule has 0 aromatic carbocycles. The minimum Gasteiger partial charge on any atom is -0.368 e. The minimum atomic E-state index is -0.136. The van der Waals surface area contributed by atoms with Crippen LogP contribution in [0.15, 0.2) is 41.3 Å². The highest BCUT2D eigenvalue weighted by Gasteiger charge is 2.13. The molecular weight excluding hydrogens is 344 g/mol. The predicted molar refractivity (Wildman–Crippen MR) is 101 cm³/mol. The van der Waals surface area contributed by atoms with Gasteiger partial charge in [-0.1, -0.05) is 0 Å². The van der Waals surface area contributed by atoms with Crippen LogP contribution >= 0.6 is 0 Å². The van der Waals surface area contributed by atoms with Crippen LogP contribution in [0.5, 0.6) is 0 Å². The van der Waals surface area contributed by atoms with E-state index in [1.807, 2.05) is 31.3 Å². The van der Waals surface area contributed by atoms with Crippen molar-refractivity contribution in [1.29, 1.82) is 0 Å². The number of hydrogen-bond donors (Lipinski definition) is 1. The number of aromatic nitrogens is 6. The summed E-state index contributed by atoms with van der Waals surface area (Å²) >= 11 is 0. The molecule has 1 aliphatic heterocycles. The third kappa shape index (κ3) is 2.81. The van der Waals surface area contributed by atoms with E-state index < -0.39 is 0 Å². The molecule has 0 radical (unpaired) electrons. The average molecular weight is 362 g/mol. The summed E-state index contributed by atoms with van der Waals surface area (Å²) in [4.78, 5) is 23.8. The molecule has 1 saturated heterocycles. The van der Waals surface area contributed by atoms with Crippen molar-refractivity contribution >= 4 is 17.0 Å². The number of pyridine rings is 1. The first kappa shape index (κ1) is 15.9. The van der Waals surface area contributed by atoms with Gasteiger partial charge in [0.1, 0.15) is 17.2 Å². The third-order valence-electron chi connectivity index (χ3n) is 4.70. The Hall–Kier alpha value is -3.33. The Morgan fingerprint density at radius 2 is 1.78 bits per heavy atom. The molecule has 0 unspecified atom stereocenters. The van der Waals surface area contributed by atoms with Gasteiger partial charge in [0.05, 0.1) is 11.4 Å². The zero-order valence-corrected chi connectivity index (χ0v) is 14.8. The van der Waals surface area contributed by atoms with Gasteiger partial charge >= 0.3 is 0 Å². The van der Waals surface area contributed by atoms with E-state index in [0.717, 1.165) is 31.9 Å². The molecule has 27 heavy (non-hydrogen) atoms. The number of rotatable bonds is 2. The van der Waals surface area contributed by atoms with E-state index in [2.05, 4.69) is 30.4 Å². The monoisotopic (exact) mass is 362 g/mol. The molecule has 0 saturated carbocycles. The van der Waals surface area contributed by atoms with Gasteiger partial charge in [0.25, 0.3) is 5.56 Å². The Kier molecular flexibility index (Phi) is 3.61. The van der Waals surface area contributed by atoms with Crippen LogP contribution in [0.3, 0.4) is 0 Å². The number of fused-ring (bicyclic) bond motifs is 2. The van der Waals surface area contributed by atoms with Gasteiger partial charge in [0.2, 0.25) is 0 Å². The van der Waals surface area contributed by atoms with Gasteiger partial charge in [-0.15, -0.1) is 14.8 Å². The first-order valence-corrected chi connectivity index (χ1v) is 8.88. The summed E-state index contributed by atoms with van der Waals surface area (Å²) in [6.07, 6.45) is 1.86. The van der Waals surface area contributed by atoms with E-state index in [-0.39, 0.29) is 5.56 Å². The van der Waals surface area contributed by atoms with E-state index in [1.54, 1.807) is 10.5 Å². The normalized spacial score (nSPS) is 14.9. The fourth-order valence-electron chi connectivity index (χ4n) is 3.36. The first-order valence-electron chi connectivity index (χ1n) is 8.88. The van der Waals surface area contributed by atoms with Crippen LogP contribution in [0.1, 0.15) is 5.82 Å². The standard InChI is InChI=1S/C18H18N8O/c1-12-20-17-5-3-14(23-26(17)22-12)15-10-18(27)25-11-13(2-4-16(25)21-15)24-8-6-19-7-9-24/h2-5,10-11,19H,6-9H2,1H3. The van der Waals surface area contributed by atoms with Gasteiger partial charge < -0.3 is 10.2 Å². The van der Waals surface area contributed by atoms with Crippen LogP contribution in [0.2, 0.25) is 0 Å². The second kappa shape index (κ2) is 6.13. The highest BCUT2D eigenvalue weighted by molar-refractivity contribution is 5.60. The molecule has 1 fully saturated rings. The zero-order chi connectivity index (χ0) is 18.4. The van der Waals surface area contributed by atoms with Crippen molar-refractivity contribution in [3.63, 3.8) is 0 Å². The lowest BCUT2D eigenvalue weighted by Crippen LogP contribution is -2.43. The molecule has 0 spiro atoms. The van der Waals surface area contributed by atoms with Crippen molar-refractivity contribution in [2.75, 3.05) is 31.1 Å². The van der Waals surface area contributed by atoms with E-state index in [1.165, 1.54) is 10.7 Å². The van der Waals surface area contributed by atoms with Gasteiger partial charge in [-0.3, -0.25) is 9.20 Å². The number of anilines is 1. The summed E-state index contributed by atoms with van der Waals surface area (Å²) in [5.74, 6) is 0.645. The van der Waals surface area contributed by atoms with Gasteiger partial charge in [-0.25, -0.2) is 9.97 Å². The van der Waals surface area contributed by atoms with Gasteiger partial charge in [0, 0.05) is 38.4 Å². The van der Waals surface area contributed by atoms with E-state index in [0.29, 0.717) is 28.5 Å². The molecule has 0 bridgehead atoms. The Labute approximate surface area is 154 Å². The molecule has 0 atom stereocenters. The van der Waals surface area contributed by atoms with Crippen molar-refractivity contribution in [1.82, 2.24) is 34.5 Å². The van der Waals surface area contributed by atoms with Gasteiger partial charge in [0.15, 0.2) is 5.65 Å². The second-order valence-electron chi connectivity index (χ2n) is 6.56.